The van der Waals surface area contributed by atoms with Gasteiger partial charge in [0.1, 0.15) is 11.5 Å². The molecule has 3 fully saturated rings. The number of rotatable bonds is 2. The number of ether oxygens (including phenoxy) is 1. The Morgan fingerprint density at radius 2 is 2.30 bits per heavy atom. The van der Waals surface area contributed by atoms with E-state index in [9.17, 15) is 4.39 Å². The van der Waals surface area contributed by atoms with Gasteiger partial charge >= 0.3 is 0 Å². The molecule has 1 aromatic carbocycles. The van der Waals surface area contributed by atoms with Crippen molar-refractivity contribution >= 4 is 0 Å². The second-order valence-corrected chi connectivity index (χ2v) is 5.65. The van der Waals surface area contributed by atoms with Crippen LogP contribution in [-0.2, 0) is 10.5 Å². The summed E-state index contributed by atoms with van der Waals surface area (Å²) in [6.45, 7) is 1.77. The topological polar surface area (TPSA) is 43.2 Å². The molecule has 0 spiro atoms. The monoisotopic (exact) mass is 274 g/mol. The predicted octanol–water partition coefficient (Wildman–Crippen LogP) is 1.47. The lowest BCUT2D eigenvalue weighted by Gasteiger charge is -2.54. The van der Waals surface area contributed by atoms with Crippen molar-refractivity contribution in [1.29, 1.82) is 0 Å². The van der Waals surface area contributed by atoms with Crippen LogP contribution < -0.4 is 0 Å². The largest absolute Gasteiger partial charge is 0.347 e. The van der Waals surface area contributed by atoms with E-state index >= 15 is 0 Å². The SMILES string of the molecule is CN1C[C@@H]2CC(n3cc(-c4cccc(F)c4)nn3)(C1)O2. The van der Waals surface area contributed by atoms with E-state index in [1.54, 1.807) is 10.7 Å². The van der Waals surface area contributed by atoms with Crippen LogP contribution in [0.2, 0.25) is 0 Å². The van der Waals surface area contributed by atoms with Gasteiger partial charge in [-0.05, 0) is 19.2 Å². The lowest BCUT2D eigenvalue weighted by molar-refractivity contribution is -0.302. The predicted molar refractivity (Wildman–Crippen MR) is 70.4 cm³/mol. The molecule has 2 bridgehead atoms. The van der Waals surface area contributed by atoms with Gasteiger partial charge in [0, 0.05) is 25.1 Å². The van der Waals surface area contributed by atoms with Crippen molar-refractivity contribution in [1.82, 2.24) is 19.9 Å². The van der Waals surface area contributed by atoms with Gasteiger partial charge in [0.05, 0.1) is 12.3 Å². The van der Waals surface area contributed by atoms with Crippen LogP contribution in [-0.4, -0.2) is 46.1 Å². The first kappa shape index (κ1) is 12.0. The standard InChI is InChI=1S/C14H15FN4O/c1-18-7-12-6-14(9-18,20-12)19-8-13(16-17-19)10-3-2-4-11(15)5-10/h2-5,8,12H,6-7,9H2,1H3/t12-,14?/m0/s1. The first-order chi connectivity index (χ1) is 9.64. The zero-order valence-corrected chi connectivity index (χ0v) is 11.2. The molecule has 1 aromatic heterocycles. The summed E-state index contributed by atoms with van der Waals surface area (Å²) in [7, 11) is 2.08. The van der Waals surface area contributed by atoms with Gasteiger partial charge in [-0.15, -0.1) is 5.10 Å². The number of benzene rings is 1. The molecule has 20 heavy (non-hydrogen) atoms. The van der Waals surface area contributed by atoms with E-state index in [1.807, 2.05) is 12.3 Å². The van der Waals surface area contributed by atoms with E-state index in [0.717, 1.165) is 25.1 Å². The van der Waals surface area contributed by atoms with Gasteiger partial charge in [-0.2, -0.15) is 0 Å². The Bertz CT molecular complexity index is 650. The smallest absolute Gasteiger partial charge is 0.178 e. The maximum atomic E-state index is 13.3. The number of morpholine rings is 1. The normalized spacial score (nSPS) is 29.2. The Kier molecular flexibility index (Phi) is 2.46. The minimum atomic E-state index is -0.393. The molecular formula is C14H15FN4O. The van der Waals surface area contributed by atoms with E-state index in [-0.39, 0.29) is 11.9 Å². The van der Waals surface area contributed by atoms with Gasteiger partial charge in [-0.3, -0.25) is 4.90 Å². The molecule has 104 valence electrons. The number of fused-ring (bicyclic) bond motifs is 2. The molecule has 3 aliphatic rings. The Hall–Kier alpha value is -1.79. The van der Waals surface area contributed by atoms with Crippen LogP contribution in [0.15, 0.2) is 30.5 Å². The minimum absolute atomic E-state index is 0.271. The van der Waals surface area contributed by atoms with Crippen LogP contribution in [0.4, 0.5) is 4.39 Å². The fraction of sp³-hybridized carbons (Fsp3) is 0.429. The van der Waals surface area contributed by atoms with Gasteiger partial charge in [0.25, 0.3) is 0 Å². The molecule has 0 radical (unpaired) electrons. The molecule has 2 aromatic rings. The summed E-state index contributed by atoms with van der Waals surface area (Å²) in [6, 6.07) is 6.38. The van der Waals surface area contributed by atoms with Crippen molar-refractivity contribution in [2.75, 3.05) is 20.1 Å². The van der Waals surface area contributed by atoms with Gasteiger partial charge in [0.15, 0.2) is 5.72 Å². The Morgan fingerprint density at radius 1 is 1.45 bits per heavy atom. The molecule has 3 saturated heterocycles. The molecular weight excluding hydrogens is 259 g/mol. The average molecular weight is 274 g/mol. The fourth-order valence-corrected chi connectivity index (χ4v) is 3.16. The molecule has 5 nitrogen and oxygen atoms in total. The van der Waals surface area contributed by atoms with Crippen molar-refractivity contribution in [2.24, 2.45) is 0 Å². The molecule has 0 saturated carbocycles. The lowest BCUT2D eigenvalue weighted by Crippen LogP contribution is -2.65. The van der Waals surface area contributed by atoms with Crippen LogP contribution in [0.1, 0.15) is 6.42 Å². The van der Waals surface area contributed by atoms with Crippen LogP contribution in [0, 0.1) is 5.82 Å². The summed E-state index contributed by atoms with van der Waals surface area (Å²) in [4.78, 5) is 2.24. The molecule has 0 amide bonds. The second kappa shape index (κ2) is 4.10. The van der Waals surface area contributed by atoms with Crippen LogP contribution in [0.5, 0.6) is 0 Å². The van der Waals surface area contributed by atoms with Crippen molar-refractivity contribution in [3.05, 3.63) is 36.3 Å². The van der Waals surface area contributed by atoms with E-state index in [1.165, 1.54) is 12.1 Å². The minimum Gasteiger partial charge on any atom is -0.347 e. The van der Waals surface area contributed by atoms with Crippen LogP contribution >= 0.6 is 0 Å². The zero-order valence-electron chi connectivity index (χ0n) is 11.2. The van der Waals surface area contributed by atoms with Crippen molar-refractivity contribution in [3.8, 4) is 11.3 Å². The summed E-state index contributed by atoms with van der Waals surface area (Å²) in [5.74, 6) is -0.271. The number of aromatic nitrogens is 3. The van der Waals surface area contributed by atoms with Crippen molar-refractivity contribution in [2.45, 2.75) is 18.2 Å². The molecule has 1 unspecified atom stereocenters. The number of likely N-dealkylation sites (N-methyl/N-ethyl adjacent to an activating group) is 1. The van der Waals surface area contributed by atoms with E-state index in [2.05, 4.69) is 22.3 Å². The van der Waals surface area contributed by atoms with Gasteiger partial charge < -0.3 is 4.74 Å². The summed E-state index contributed by atoms with van der Waals surface area (Å²) in [5, 5.41) is 8.33. The van der Waals surface area contributed by atoms with Gasteiger partial charge in [0.2, 0.25) is 0 Å². The van der Waals surface area contributed by atoms with Crippen molar-refractivity contribution < 1.29 is 9.13 Å². The summed E-state index contributed by atoms with van der Waals surface area (Å²) in [5.41, 5.74) is 1.00. The number of nitrogens with zero attached hydrogens (tertiary/aromatic N) is 4. The Morgan fingerprint density at radius 3 is 3.05 bits per heavy atom. The fourth-order valence-electron chi connectivity index (χ4n) is 3.16. The number of hydrogen-bond acceptors (Lipinski definition) is 4. The lowest BCUT2D eigenvalue weighted by atomic mass is 9.92. The molecule has 3 aliphatic heterocycles. The average Bonchev–Trinajstić information content (AvgIpc) is 2.87. The first-order valence-electron chi connectivity index (χ1n) is 6.70. The number of halogens is 1. The molecule has 6 heteroatoms. The highest BCUT2D eigenvalue weighted by Crippen LogP contribution is 2.42. The molecule has 5 rings (SSSR count). The highest BCUT2D eigenvalue weighted by molar-refractivity contribution is 5.57. The maximum absolute atomic E-state index is 13.3. The highest BCUT2D eigenvalue weighted by atomic mass is 19.1. The van der Waals surface area contributed by atoms with Crippen LogP contribution in [0.3, 0.4) is 0 Å². The summed E-state index contributed by atoms with van der Waals surface area (Å²) < 4.78 is 21.0. The second-order valence-electron chi connectivity index (χ2n) is 5.65. The molecule has 2 atom stereocenters. The third kappa shape index (κ3) is 1.76. The van der Waals surface area contributed by atoms with E-state index < -0.39 is 5.72 Å². The van der Waals surface area contributed by atoms with Gasteiger partial charge in [-0.1, -0.05) is 17.3 Å². The third-order valence-corrected chi connectivity index (χ3v) is 4.00. The molecule has 4 heterocycles. The Balaban J connectivity index is 1.66. The Labute approximate surface area is 116 Å². The maximum Gasteiger partial charge on any atom is 0.178 e. The zero-order chi connectivity index (χ0) is 13.7. The number of hydrogen-bond donors (Lipinski definition) is 0. The summed E-state index contributed by atoms with van der Waals surface area (Å²) in [6.07, 6.45) is 3.09. The van der Waals surface area contributed by atoms with Crippen LogP contribution in [0.25, 0.3) is 11.3 Å². The third-order valence-electron chi connectivity index (χ3n) is 4.00. The number of piperidine rings is 1. The van der Waals surface area contributed by atoms with Gasteiger partial charge in [-0.25, -0.2) is 9.07 Å². The highest BCUT2D eigenvalue weighted by Gasteiger charge is 2.53. The first-order valence-corrected chi connectivity index (χ1v) is 6.70. The van der Waals surface area contributed by atoms with E-state index in [0.29, 0.717) is 5.69 Å². The quantitative estimate of drug-likeness (QED) is 0.832. The molecule has 0 aliphatic carbocycles. The van der Waals surface area contributed by atoms with Crippen molar-refractivity contribution in [3.63, 3.8) is 0 Å². The molecule has 0 N–H and O–H groups in total. The summed E-state index contributed by atoms with van der Waals surface area (Å²) >= 11 is 0. The van der Waals surface area contributed by atoms with E-state index in [4.69, 9.17) is 4.74 Å².